The summed E-state index contributed by atoms with van der Waals surface area (Å²) in [6.45, 7) is -0.653. The van der Waals surface area contributed by atoms with E-state index in [1.807, 2.05) is 4.98 Å². The van der Waals surface area contributed by atoms with Crippen LogP contribution in [0.2, 0.25) is 0 Å². The van der Waals surface area contributed by atoms with Crippen LogP contribution in [-0.4, -0.2) is 59.8 Å². The number of aromatic amines is 1. The van der Waals surface area contributed by atoms with Gasteiger partial charge in [-0.25, -0.2) is 13.8 Å². The Bertz CT molecular complexity index is 693. The average Bonchev–Trinajstić information content (AvgIpc) is 2.67. The maximum Gasteiger partial charge on any atom is 0.335 e. The van der Waals surface area contributed by atoms with Gasteiger partial charge in [0.25, 0.3) is 11.5 Å². The summed E-state index contributed by atoms with van der Waals surface area (Å²) in [6.07, 6.45) is -3.27. The molecule has 2 rings (SSSR count). The molecule has 0 bridgehead atoms. The van der Waals surface area contributed by atoms with E-state index in [2.05, 4.69) is 0 Å². The van der Waals surface area contributed by atoms with E-state index in [1.54, 1.807) is 22.6 Å². The van der Waals surface area contributed by atoms with Crippen LogP contribution in [0, 0.1) is 3.57 Å². The molecule has 0 aliphatic carbocycles. The third-order valence-corrected chi connectivity index (χ3v) is 5.25. The van der Waals surface area contributed by atoms with Gasteiger partial charge in [-0.15, -0.1) is 11.8 Å². The number of hydrogen-bond donors (Lipinski definition) is 4. The quantitative estimate of drug-likeness (QED) is 0.409. The van der Waals surface area contributed by atoms with Gasteiger partial charge >= 0.3 is 5.69 Å². The number of carbonyl (C=O) groups is 1. The van der Waals surface area contributed by atoms with Gasteiger partial charge in [0.1, 0.15) is 6.10 Å². The number of nitrogens with one attached hydrogen (secondary N) is 1. The molecule has 0 radical (unpaired) electrons. The summed E-state index contributed by atoms with van der Waals surface area (Å²) in [5.74, 6) is -1.34. The van der Waals surface area contributed by atoms with E-state index in [4.69, 9.17) is 5.11 Å². The Hall–Kier alpha value is -0.760. The highest BCUT2D eigenvalue weighted by molar-refractivity contribution is 14.1. The highest BCUT2D eigenvalue weighted by atomic mass is 127. The zero-order valence-electron chi connectivity index (χ0n) is 10.2. The van der Waals surface area contributed by atoms with Crippen molar-refractivity contribution in [2.75, 3.05) is 6.61 Å². The fraction of sp³-hybridized carbons (Fsp3) is 0.500. The van der Waals surface area contributed by atoms with Crippen LogP contribution in [0.4, 0.5) is 4.39 Å². The van der Waals surface area contributed by atoms with Crippen LogP contribution in [0.15, 0.2) is 15.8 Å². The normalized spacial score (nSPS) is 32.3. The molecule has 8 nitrogen and oxygen atoms in total. The maximum absolute atomic E-state index is 14.0. The molecule has 21 heavy (non-hydrogen) atoms. The van der Waals surface area contributed by atoms with Crippen molar-refractivity contribution in [2.24, 2.45) is 0 Å². The third kappa shape index (κ3) is 2.67. The van der Waals surface area contributed by atoms with E-state index in [1.165, 1.54) is 0 Å². The lowest BCUT2D eigenvalue weighted by Crippen LogP contribution is -2.50. The predicted octanol–water partition coefficient (Wildman–Crippen LogP) is -1.72. The Labute approximate surface area is 134 Å². The number of alkyl halides is 1. The largest absolute Gasteiger partial charge is 0.395 e. The molecular weight excluding hydrogens is 422 g/mol. The fourth-order valence-corrected chi connectivity index (χ4v) is 3.57. The monoisotopic (exact) mass is 432 g/mol. The highest BCUT2D eigenvalue weighted by Gasteiger charge is 2.59. The molecular formula is C10H10FIN2O6S. The smallest absolute Gasteiger partial charge is 0.335 e. The molecule has 0 spiro atoms. The van der Waals surface area contributed by atoms with E-state index in [0.29, 0.717) is 16.3 Å². The number of H-pyrrole nitrogens is 1. The second-order valence-corrected chi connectivity index (χ2v) is 6.96. The molecule has 0 unspecified atom stereocenters. The van der Waals surface area contributed by atoms with Gasteiger partial charge in [-0.2, -0.15) is 0 Å². The number of aromatic nitrogens is 2. The number of thioether (sulfide) groups is 1. The Morgan fingerprint density at radius 1 is 1.57 bits per heavy atom. The van der Waals surface area contributed by atoms with E-state index in [0.717, 1.165) is 6.20 Å². The molecule has 1 aromatic heterocycles. The van der Waals surface area contributed by atoms with Gasteiger partial charge in [0.2, 0.25) is 4.93 Å². The first-order chi connectivity index (χ1) is 9.72. The number of hydrogen-bond acceptors (Lipinski definition) is 7. The SMILES string of the molecule is O=C(n1cc(I)c(=O)[nH]c1=O)[C@@]1(O)S[C@H](CO)[C@@H](O)[C@@H]1F. The van der Waals surface area contributed by atoms with Crippen LogP contribution < -0.4 is 11.2 Å². The minimum atomic E-state index is -2.72. The van der Waals surface area contributed by atoms with E-state index in [9.17, 15) is 29.0 Å². The van der Waals surface area contributed by atoms with Gasteiger partial charge < -0.3 is 15.3 Å². The van der Waals surface area contributed by atoms with Crippen molar-refractivity contribution < 1.29 is 24.5 Å². The predicted molar refractivity (Wildman–Crippen MR) is 79.0 cm³/mol. The van der Waals surface area contributed by atoms with Crippen molar-refractivity contribution in [3.05, 3.63) is 30.6 Å². The number of halogens is 2. The number of carbonyl (C=O) groups excluding carboxylic acids is 1. The van der Waals surface area contributed by atoms with Crippen molar-refractivity contribution in [1.82, 2.24) is 9.55 Å². The molecule has 0 aromatic carbocycles. The number of aliphatic hydroxyl groups excluding tert-OH is 2. The lowest BCUT2D eigenvalue weighted by Gasteiger charge is -2.23. The summed E-state index contributed by atoms with van der Waals surface area (Å²) < 4.78 is 14.4. The first-order valence-corrected chi connectivity index (χ1v) is 7.57. The van der Waals surface area contributed by atoms with Crippen molar-refractivity contribution in [3.63, 3.8) is 0 Å². The Balaban J connectivity index is 2.47. The third-order valence-electron chi connectivity index (χ3n) is 2.99. The van der Waals surface area contributed by atoms with Gasteiger partial charge in [0.15, 0.2) is 6.17 Å². The Morgan fingerprint density at radius 3 is 2.71 bits per heavy atom. The van der Waals surface area contributed by atoms with Crippen molar-refractivity contribution in [1.29, 1.82) is 0 Å². The summed E-state index contributed by atoms with van der Waals surface area (Å²) in [5, 5.41) is 27.6. The van der Waals surface area contributed by atoms with Crippen molar-refractivity contribution >= 4 is 40.3 Å². The van der Waals surface area contributed by atoms with E-state index in [-0.39, 0.29) is 3.57 Å². The molecule has 0 saturated carbocycles. The van der Waals surface area contributed by atoms with Crippen LogP contribution >= 0.6 is 34.4 Å². The van der Waals surface area contributed by atoms with Crippen LogP contribution in [-0.2, 0) is 0 Å². The molecule has 2 heterocycles. The first kappa shape index (κ1) is 16.6. The van der Waals surface area contributed by atoms with Crippen LogP contribution in [0.3, 0.4) is 0 Å². The summed E-state index contributed by atoms with van der Waals surface area (Å²) in [6, 6.07) is 0. The van der Waals surface area contributed by atoms with Crippen molar-refractivity contribution in [2.45, 2.75) is 22.5 Å². The van der Waals surface area contributed by atoms with Gasteiger partial charge in [0, 0.05) is 6.20 Å². The lowest BCUT2D eigenvalue weighted by molar-refractivity contribution is -0.0134. The highest BCUT2D eigenvalue weighted by Crippen LogP contribution is 2.44. The van der Waals surface area contributed by atoms with Gasteiger partial charge in [0.05, 0.1) is 15.4 Å². The molecule has 1 aliphatic rings. The fourth-order valence-electron chi connectivity index (χ4n) is 1.87. The summed E-state index contributed by atoms with van der Waals surface area (Å²) in [7, 11) is 0. The van der Waals surface area contributed by atoms with E-state index >= 15 is 0 Å². The second kappa shape index (κ2) is 5.79. The van der Waals surface area contributed by atoms with Crippen LogP contribution in [0.25, 0.3) is 0 Å². The number of nitrogens with zero attached hydrogens (tertiary/aromatic N) is 1. The average molecular weight is 432 g/mol. The zero-order chi connectivity index (χ0) is 15.9. The molecule has 116 valence electrons. The Kier molecular flexibility index (Phi) is 4.58. The zero-order valence-corrected chi connectivity index (χ0v) is 13.2. The second-order valence-electron chi connectivity index (χ2n) is 4.34. The minimum absolute atomic E-state index is 0.0122. The molecule has 1 aliphatic heterocycles. The number of aliphatic hydroxyl groups is 3. The Morgan fingerprint density at radius 2 is 2.19 bits per heavy atom. The van der Waals surface area contributed by atoms with Gasteiger partial charge in [-0.1, -0.05) is 0 Å². The van der Waals surface area contributed by atoms with Gasteiger partial charge in [-0.05, 0) is 22.6 Å². The molecule has 1 aromatic rings. The topological polar surface area (TPSA) is 133 Å². The molecule has 11 heteroatoms. The molecule has 4 atom stereocenters. The summed E-state index contributed by atoms with van der Waals surface area (Å²) >= 11 is 1.89. The van der Waals surface area contributed by atoms with Crippen LogP contribution in [0.5, 0.6) is 0 Å². The first-order valence-electron chi connectivity index (χ1n) is 5.62. The van der Waals surface area contributed by atoms with Crippen LogP contribution in [0.1, 0.15) is 4.79 Å². The van der Waals surface area contributed by atoms with E-state index < -0.39 is 46.2 Å². The summed E-state index contributed by atoms with van der Waals surface area (Å²) in [4.78, 5) is 34.2. The molecule has 4 N–H and O–H groups in total. The molecule has 1 saturated heterocycles. The summed E-state index contributed by atoms with van der Waals surface area (Å²) in [5.41, 5.74) is -1.85. The minimum Gasteiger partial charge on any atom is -0.395 e. The standard InChI is InChI=1S/C10H10FIN2O6S/c11-6-5(16)4(2-15)21-10(6,20)8(18)14-1-3(12)7(17)13-9(14)19/h1,4-6,15-16,20H,2H2,(H,13,17,19)/t4-,5-,6+,10+/m1/s1. The van der Waals surface area contributed by atoms with Gasteiger partial charge in [-0.3, -0.25) is 14.6 Å². The lowest BCUT2D eigenvalue weighted by atomic mass is 10.1. The molecule has 0 amide bonds. The maximum atomic E-state index is 14.0. The molecule has 1 fully saturated rings. The van der Waals surface area contributed by atoms with Crippen molar-refractivity contribution in [3.8, 4) is 0 Å². The number of rotatable bonds is 2.